The van der Waals surface area contributed by atoms with E-state index in [4.69, 9.17) is 4.74 Å². The van der Waals surface area contributed by atoms with Crippen LogP contribution in [0.4, 0.5) is 0 Å². The standard InChI is InChI=1S/C13H20N2O2/c1-3-14-9-4-10-15-13(16)11-5-7-12(17-2)8-6-11/h5-8,14H,3-4,9-10H2,1-2H3,(H,15,16). The van der Waals surface area contributed by atoms with E-state index in [-0.39, 0.29) is 5.91 Å². The molecule has 0 aromatic heterocycles. The Morgan fingerprint density at radius 1 is 1.24 bits per heavy atom. The second-order valence-electron chi connectivity index (χ2n) is 3.69. The monoisotopic (exact) mass is 236 g/mol. The number of hydrogen-bond donors (Lipinski definition) is 2. The summed E-state index contributed by atoms with van der Waals surface area (Å²) < 4.78 is 5.03. The number of methoxy groups -OCH3 is 1. The number of nitrogens with one attached hydrogen (secondary N) is 2. The molecule has 0 aliphatic rings. The van der Waals surface area contributed by atoms with Crippen molar-refractivity contribution in [1.29, 1.82) is 0 Å². The molecule has 0 fully saturated rings. The lowest BCUT2D eigenvalue weighted by Gasteiger charge is -2.06. The van der Waals surface area contributed by atoms with Gasteiger partial charge < -0.3 is 15.4 Å². The first-order chi connectivity index (χ1) is 8.27. The fourth-order valence-corrected chi connectivity index (χ4v) is 1.44. The molecule has 0 bridgehead atoms. The molecule has 4 heteroatoms. The SMILES string of the molecule is CCNCCCNC(=O)c1ccc(OC)cc1. The van der Waals surface area contributed by atoms with Crippen molar-refractivity contribution in [3.63, 3.8) is 0 Å². The zero-order valence-electron chi connectivity index (χ0n) is 10.5. The number of ether oxygens (including phenoxy) is 1. The summed E-state index contributed by atoms with van der Waals surface area (Å²) in [7, 11) is 1.61. The summed E-state index contributed by atoms with van der Waals surface area (Å²) in [5.41, 5.74) is 0.661. The van der Waals surface area contributed by atoms with Gasteiger partial charge in [-0.1, -0.05) is 6.92 Å². The number of amides is 1. The van der Waals surface area contributed by atoms with Gasteiger partial charge in [-0.2, -0.15) is 0 Å². The first-order valence-electron chi connectivity index (χ1n) is 5.91. The van der Waals surface area contributed by atoms with E-state index >= 15 is 0 Å². The smallest absolute Gasteiger partial charge is 0.251 e. The van der Waals surface area contributed by atoms with Crippen LogP contribution in [0.15, 0.2) is 24.3 Å². The maximum atomic E-state index is 11.7. The summed E-state index contributed by atoms with van der Waals surface area (Å²) in [5, 5.41) is 6.08. The van der Waals surface area contributed by atoms with Crippen molar-refractivity contribution >= 4 is 5.91 Å². The van der Waals surface area contributed by atoms with Crippen LogP contribution in [0.5, 0.6) is 5.75 Å². The van der Waals surface area contributed by atoms with E-state index in [2.05, 4.69) is 17.6 Å². The van der Waals surface area contributed by atoms with Crippen molar-refractivity contribution < 1.29 is 9.53 Å². The fraction of sp³-hybridized carbons (Fsp3) is 0.462. The molecular weight excluding hydrogens is 216 g/mol. The van der Waals surface area contributed by atoms with Gasteiger partial charge in [-0.15, -0.1) is 0 Å². The van der Waals surface area contributed by atoms with E-state index in [0.717, 1.165) is 25.3 Å². The van der Waals surface area contributed by atoms with Crippen molar-refractivity contribution in [1.82, 2.24) is 10.6 Å². The lowest BCUT2D eigenvalue weighted by atomic mass is 10.2. The zero-order valence-corrected chi connectivity index (χ0v) is 10.5. The topological polar surface area (TPSA) is 50.4 Å². The van der Waals surface area contributed by atoms with Gasteiger partial charge in [-0.3, -0.25) is 4.79 Å². The first kappa shape index (κ1) is 13.5. The molecule has 0 atom stereocenters. The summed E-state index contributed by atoms with van der Waals surface area (Å²) in [6.45, 7) is 4.65. The third-order valence-corrected chi connectivity index (χ3v) is 2.42. The highest BCUT2D eigenvalue weighted by Crippen LogP contribution is 2.10. The Bertz CT molecular complexity index is 336. The molecule has 17 heavy (non-hydrogen) atoms. The third-order valence-electron chi connectivity index (χ3n) is 2.42. The molecule has 0 heterocycles. The Labute approximate surface area is 102 Å². The molecule has 0 spiro atoms. The number of carbonyl (C=O) groups excluding carboxylic acids is 1. The molecule has 1 aromatic rings. The highest BCUT2D eigenvalue weighted by Gasteiger charge is 2.03. The van der Waals surface area contributed by atoms with Gasteiger partial charge in [0.1, 0.15) is 5.75 Å². The van der Waals surface area contributed by atoms with Crippen molar-refractivity contribution in [2.24, 2.45) is 0 Å². The maximum absolute atomic E-state index is 11.7. The minimum Gasteiger partial charge on any atom is -0.497 e. The molecule has 4 nitrogen and oxygen atoms in total. The molecule has 94 valence electrons. The van der Waals surface area contributed by atoms with Crippen LogP contribution in [0, 0.1) is 0 Å². The Kier molecular flexibility index (Phi) is 6.10. The molecule has 0 radical (unpaired) electrons. The van der Waals surface area contributed by atoms with Crippen molar-refractivity contribution in [2.75, 3.05) is 26.7 Å². The Morgan fingerprint density at radius 2 is 1.94 bits per heavy atom. The van der Waals surface area contributed by atoms with Crippen LogP contribution >= 0.6 is 0 Å². The van der Waals surface area contributed by atoms with Gasteiger partial charge in [-0.05, 0) is 43.8 Å². The van der Waals surface area contributed by atoms with E-state index in [1.807, 2.05) is 0 Å². The van der Waals surface area contributed by atoms with Crippen LogP contribution < -0.4 is 15.4 Å². The van der Waals surface area contributed by atoms with Gasteiger partial charge in [0.2, 0.25) is 0 Å². The van der Waals surface area contributed by atoms with E-state index in [1.165, 1.54) is 0 Å². The van der Waals surface area contributed by atoms with Gasteiger partial charge in [0.05, 0.1) is 7.11 Å². The maximum Gasteiger partial charge on any atom is 0.251 e. The number of hydrogen-bond acceptors (Lipinski definition) is 3. The van der Waals surface area contributed by atoms with Crippen LogP contribution in [0.25, 0.3) is 0 Å². The lowest BCUT2D eigenvalue weighted by molar-refractivity contribution is 0.0953. The quantitative estimate of drug-likeness (QED) is 0.704. The predicted octanol–water partition coefficient (Wildman–Crippen LogP) is 1.42. The summed E-state index contributed by atoms with van der Waals surface area (Å²) in [6.07, 6.45) is 0.940. The molecule has 1 aromatic carbocycles. The van der Waals surface area contributed by atoms with Crippen LogP contribution in [-0.4, -0.2) is 32.7 Å². The molecule has 2 N–H and O–H groups in total. The summed E-state index contributed by atoms with van der Waals surface area (Å²) >= 11 is 0. The second-order valence-corrected chi connectivity index (χ2v) is 3.69. The number of rotatable bonds is 7. The summed E-state index contributed by atoms with van der Waals surface area (Å²) in [5.74, 6) is 0.720. The van der Waals surface area contributed by atoms with Crippen molar-refractivity contribution in [3.8, 4) is 5.75 Å². The molecule has 0 saturated carbocycles. The normalized spacial score (nSPS) is 10.0. The van der Waals surface area contributed by atoms with Gasteiger partial charge in [0, 0.05) is 12.1 Å². The van der Waals surface area contributed by atoms with Crippen LogP contribution in [-0.2, 0) is 0 Å². The average Bonchev–Trinajstić information content (AvgIpc) is 2.38. The van der Waals surface area contributed by atoms with Crippen LogP contribution in [0.1, 0.15) is 23.7 Å². The van der Waals surface area contributed by atoms with Gasteiger partial charge in [0.15, 0.2) is 0 Å². The third kappa shape index (κ3) is 4.87. The van der Waals surface area contributed by atoms with E-state index in [0.29, 0.717) is 12.1 Å². The van der Waals surface area contributed by atoms with E-state index in [1.54, 1.807) is 31.4 Å². The second kappa shape index (κ2) is 7.68. The molecule has 0 saturated heterocycles. The van der Waals surface area contributed by atoms with Gasteiger partial charge in [-0.25, -0.2) is 0 Å². The minimum absolute atomic E-state index is 0.0378. The van der Waals surface area contributed by atoms with Gasteiger partial charge in [0.25, 0.3) is 5.91 Å². The molecule has 0 aliphatic heterocycles. The molecule has 0 aliphatic carbocycles. The average molecular weight is 236 g/mol. The fourth-order valence-electron chi connectivity index (χ4n) is 1.44. The Morgan fingerprint density at radius 3 is 2.53 bits per heavy atom. The molecular formula is C13H20N2O2. The molecule has 1 amide bonds. The Balaban J connectivity index is 2.31. The highest BCUT2D eigenvalue weighted by molar-refractivity contribution is 5.94. The minimum atomic E-state index is -0.0378. The van der Waals surface area contributed by atoms with Crippen LogP contribution in [0.2, 0.25) is 0 Å². The summed E-state index contributed by atoms with van der Waals surface area (Å²) in [6, 6.07) is 7.10. The van der Waals surface area contributed by atoms with E-state index < -0.39 is 0 Å². The van der Waals surface area contributed by atoms with Gasteiger partial charge >= 0.3 is 0 Å². The largest absolute Gasteiger partial charge is 0.497 e. The number of carbonyl (C=O) groups is 1. The zero-order chi connectivity index (χ0) is 12.5. The summed E-state index contributed by atoms with van der Waals surface area (Å²) in [4.78, 5) is 11.7. The first-order valence-corrected chi connectivity index (χ1v) is 5.91. The number of benzene rings is 1. The van der Waals surface area contributed by atoms with E-state index in [9.17, 15) is 4.79 Å². The van der Waals surface area contributed by atoms with Crippen molar-refractivity contribution in [3.05, 3.63) is 29.8 Å². The highest BCUT2D eigenvalue weighted by atomic mass is 16.5. The van der Waals surface area contributed by atoms with Crippen molar-refractivity contribution in [2.45, 2.75) is 13.3 Å². The molecule has 0 unspecified atom stereocenters. The Hall–Kier alpha value is -1.55. The lowest BCUT2D eigenvalue weighted by Crippen LogP contribution is -2.27. The molecule has 1 rings (SSSR count). The predicted molar refractivity (Wildman–Crippen MR) is 68.5 cm³/mol. The van der Waals surface area contributed by atoms with Crippen LogP contribution in [0.3, 0.4) is 0 Å².